The number of carbonyl (C=O) groups excluding carboxylic acids is 2. The zero-order valence-electron chi connectivity index (χ0n) is 12.2. The first-order chi connectivity index (χ1) is 10.6. The molecule has 1 aromatic carbocycles. The first-order valence-electron chi connectivity index (χ1n) is 6.81. The second kappa shape index (κ2) is 5.77. The summed E-state index contributed by atoms with van der Waals surface area (Å²) in [6, 6.07) is 9.38. The molecule has 1 aliphatic heterocycles. The number of hydrogen-bond acceptors (Lipinski definition) is 4. The molecule has 0 N–H and O–H groups in total. The lowest BCUT2D eigenvalue weighted by molar-refractivity contribution is -0.113. The van der Waals surface area contributed by atoms with Gasteiger partial charge in [-0.2, -0.15) is 0 Å². The molecule has 1 aliphatic rings. The minimum Gasteiger partial charge on any atom is -0.268 e. The van der Waals surface area contributed by atoms with E-state index in [2.05, 4.69) is 4.98 Å². The number of imide groups is 1. The van der Waals surface area contributed by atoms with Gasteiger partial charge in [-0.05, 0) is 60.5 Å². The first-order valence-corrected chi connectivity index (χ1v) is 7.63. The predicted octanol–water partition coefficient (Wildman–Crippen LogP) is 3.94. The van der Waals surface area contributed by atoms with Gasteiger partial charge in [0.25, 0.3) is 11.1 Å². The number of anilines is 1. The Bertz CT molecular complexity index is 785. The normalized spacial score (nSPS) is 16.6. The Kier molecular flexibility index (Phi) is 3.81. The Morgan fingerprint density at radius 3 is 2.73 bits per heavy atom. The fourth-order valence-corrected chi connectivity index (χ4v) is 3.08. The standard InChI is InChI=1S/C17H14N2O2S/c1-11-5-6-12(2)14(8-11)19-16(20)15(22-17(19)21)9-13-4-3-7-18-10-13/h3-10H,1-2H3/b15-9-. The zero-order chi connectivity index (χ0) is 15.7. The van der Waals surface area contributed by atoms with Crippen molar-refractivity contribution in [2.45, 2.75) is 13.8 Å². The molecule has 0 aliphatic carbocycles. The molecule has 0 unspecified atom stereocenters. The summed E-state index contributed by atoms with van der Waals surface area (Å²) in [5, 5.41) is -0.270. The lowest BCUT2D eigenvalue weighted by Gasteiger charge is -2.15. The molecule has 0 spiro atoms. The third kappa shape index (κ3) is 2.67. The summed E-state index contributed by atoms with van der Waals surface area (Å²) in [6.45, 7) is 3.83. The van der Waals surface area contributed by atoms with Crippen molar-refractivity contribution in [3.8, 4) is 0 Å². The number of aryl methyl sites for hydroxylation is 2. The smallest absolute Gasteiger partial charge is 0.268 e. The largest absolute Gasteiger partial charge is 0.298 e. The van der Waals surface area contributed by atoms with E-state index in [-0.39, 0.29) is 11.1 Å². The average molecular weight is 310 g/mol. The molecule has 5 heteroatoms. The van der Waals surface area contributed by atoms with Gasteiger partial charge in [-0.25, -0.2) is 4.90 Å². The van der Waals surface area contributed by atoms with E-state index in [9.17, 15) is 9.59 Å². The lowest BCUT2D eigenvalue weighted by Crippen LogP contribution is -2.28. The van der Waals surface area contributed by atoms with E-state index in [1.165, 1.54) is 4.90 Å². The number of amides is 2. The highest BCUT2D eigenvalue weighted by molar-refractivity contribution is 8.19. The van der Waals surface area contributed by atoms with Gasteiger partial charge >= 0.3 is 0 Å². The van der Waals surface area contributed by atoms with Gasteiger partial charge < -0.3 is 0 Å². The van der Waals surface area contributed by atoms with E-state index in [4.69, 9.17) is 0 Å². The minimum atomic E-state index is -0.285. The van der Waals surface area contributed by atoms with Crippen LogP contribution >= 0.6 is 11.8 Å². The van der Waals surface area contributed by atoms with E-state index < -0.39 is 0 Å². The summed E-state index contributed by atoms with van der Waals surface area (Å²) < 4.78 is 0. The van der Waals surface area contributed by atoms with Crippen LogP contribution in [-0.2, 0) is 4.79 Å². The van der Waals surface area contributed by atoms with Gasteiger partial charge in [0, 0.05) is 12.4 Å². The fraction of sp³-hybridized carbons (Fsp3) is 0.118. The van der Waals surface area contributed by atoms with Crippen molar-refractivity contribution in [3.05, 3.63) is 64.3 Å². The van der Waals surface area contributed by atoms with Crippen LogP contribution < -0.4 is 4.90 Å². The van der Waals surface area contributed by atoms with Gasteiger partial charge in [0.1, 0.15) is 0 Å². The summed E-state index contributed by atoms with van der Waals surface area (Å²) in [5.41, 5.74) is 3.36. The Labute approximate surface area is 132 Å². The third-order valence-corrected chi connectivity index (χ3v) is 4.25. The summed E-state index contributed by atoms with van der Waals surface area (Å²) in [4.78, 5) is 30.5. The Balaban J connectivity index is 1.99. The molecule has 0 atom stereocenters. The molecule has 1 aromatic heterocycles. The van der Waals surface area contributed by atoms with E-state index >= 15 is 0 Å². The van der Waals surface area contributed by atoms with Crippen molar-refractivity contribution in [2.75, 3.05) is 4.90 Å². The molecule has 1 saturated heterocycles. The van der Waals surface area contributed by atoms with Crippen LogP contribution in [0.1, 0.15) is 16.7 Å². The molecule has 110 valence electrons. The Hall–Kier alpha value is -2.40. The van der Waals surface area contributed by atoms with Crippen molar-refractivity contribution < 1.29 is 9.59 Å². The summed E-state index contributed by atoms with van der Waals surface area (Å²) >= 11 is 0.957. The van der Waals surface area contributed by atoms with Crippen molar-refractivity contribution >= 4 is 34.7 Å². The molecule has 2 heterocycles. The van der Waals surface area contributed by atoms with E-state index in [0.717, 1.165) is 28.5 Å². The van der Waals surface area contributed by atoms with Crippen LogP contribution in [-0.4, -0.2) is 16.1 Å². The van der Waals surface area contributed by atoms with Crippen molar-refractivity contribution in [1.82, 2.24) is 4.98 Å². The molecule has 0 bridgehead atoms. The molecule has 22 heavy (non-hydrogen) atoms. The quantitative estimate of drug-likeness (QED) is 0.788. The number of nitrogens with zero attached hydrogens (tertiary/aromatic N) is 2. The fourth-order valence-electron chi connectivity index (χ4n) is 2.25. The number of hydrogen-bond donors (Lipinski definition) is 0. The molecule has 2 amide bonds. The first kappa shape index (κ1) is 14.5. The number of pyridine rings is 1. The molecule has 4 nitrogen and oxygen atoms in total. The van der Waals surface area contributed by atoms with E-state index in [1.54, 1.807) is 24.5 Å². The SMILES string of the molecule is Cc1ccc(C)c(N2C(=O)S/C(=C\c3cccnc3)C2=O)c1. The maximum Gasteiger partial charge on any atom is 0.298 e. The molecule has 3 rings (SSSR count). The second-order valence-electron chi connectivity index (χ2n) is 5.09. The number of carbonyl (C=O) groups is 2. The number of benzene rings is 1. The van der Waals surface area contributed by atoms with Gasteiger partial charge in [0.2, 0.25) is 0 Å². The lowest BCUT2D eigenvalue weighted by atomic mass is 10.1. The maximum absolute atomic E-state index is 12.6. The number of rotatable bonds is 2. The highest BCUT2D eigenvalue weighted by Gasteiger charge is 2.36. The van der Waals surface area contributed by atoms with Crippen LogP contribution in [0.5, 0.6) is 0 Å². The topological polar surface area (TPSA) is 50.3 Å². The van der Waals surface area contributed by atoms with Crippen molar-refractivity contribution in [2.24, 2.45) is 0 Å². The summed E-state index contributed by atoms with van der Waals surface area (Å²) in [5.74, 6) is -0.285. The monoisotopic (exact) mass is 310 g/mol. The van der Waals surface area contributed by atoms with E-state index in [1.807, 2.05) is 38.1 Å². The third-order valence-electron chi connectivity index (χ3n) is 3.38. The molecule has 1 fully saturated rings. The Morgan fingerprint density at radius 1 is 1.18 bits per heavy atom. The molecular weight excluding hydrogens is 296 g/mol. The average Bonchev–Trinajstić information content (AvgIpc) is 2.77. The number of aromatic nitrogens is 1. The van der Waals surface area contributed by atoms with Crippen LogP contribution in [0.2, 0.25) is 0 Å². The minimum absolute atomic E-state index is 0.270. The van der Waals surface area contributed by atoms with Gasteiger partial charge in [-0.15, -0.1) is 0 Å². The maximum atomic E-state index is 12.6. The Morgan fingerprint density at radius 2 is 2.00 bits per heavy atom. The van der Waals surface area contributed by atoms with Gasteiger partial charge in [-0.3, -0.25) is 14.6 Å². The van der Waals surface area contributed by atoms with Crippen LogP contribution in [0, 0.1) is 13.8 Å². The molecule has 0 radical (unpaired) electrons. The van der Waals surface area contributed by atoms with Crippen LogP contribution in [0.4, 0.5) is 10.5 Å². The molecular formula is C17H14N2O2S. The molecule has 2 aromatic rings. The van der Waals surface area contributed by atoms with Crippen LogP contribution in [0.15, 0.2) is 47.6 Å². The van der Waals surface area contributed by atoms with Crippen molar-refractivity contribution in [1.29, 1.82) is 0 Å². The second-order valence-corrected chi connectivity index (χ2v) is 6.09. The van der Waals surface area contributed by atoms with E-state index in [0.29, 0.717) is 10.6 Å². The zero-order valence-corrected chi connectivity index (χ0v) is 13.1. The summed E-state index contributed by atoms with van der Waals surface area (Å²) in [6.07, 6.45) is 5.02. The van der Waals surface area contributed by atoms with Crippen LogP contribution in [0.3, 0.4) is 0 Å². The predicted molar refractivity (Wildman–Crippen MR) is 88.6 cm³/mol. The van der Waals surface area contributed by atoms with Gasteiger partial charge in [-0.1, -0.05) is 18.2 Å². The van der Waals surface area contributed by atoms with Crippen LogP contribution in [0.25, 0.3) is 6.08 Å². The molecule has 0 saturated carbocycles. The summed E-state index contributed by atoms with van der Waals surface area (Å²) in [7, 11) is 0. The van der Waals surface area contributed by atoms with Gasteiger partial charge in [0.15, 0.2) is 0 Å². The van der Waals surface area contributed by atoms with Gasteiger partial charge in [0.05, 0.1) is 10.6 Å². The number of thioether (sulfide) groups is 1. The highest BCUT2D eigenvalue weighted by Crippen LogP contribution is 2.37. The van der Waals surface area contributed by atoms with Crippen molar-refractivity contribution in [3.63, 3.8) is 0 Å². The highest BCUT2D eigenvalue weighted by atomic mass is 32.2.